The highest BCUT2D eigenvalue weighted by Crippen LogP contribution is 2.12. The van der Waals surface area contributed by atoms with Crippen molar-refractivity contribution < 1.29 is 18.8 Å². The van der Waals surface area contributed by atoms with E-state index in [0.717, 1.165) is 0 Å². The van der Waals surface area contributed by atoms with Crippen LogP contribution in [0, 0.1) is 0 Å². The SMILES string of the molecule is CC1CN(C(=O)Cn2cc(NC(=O)c3ccon3)cn2)CC(C)O1. The van der Waals surface area contributed by atoms with Crippen molar-refractivity contribution in [1.29, 1.82) is 0 Å². The fourth-order valence-electron chi connectivity index (χ4n) is 2.66. The smallest absolute Gasteiger partial charge is 0.277 e. The molecule has 1 aliphatic rings. The Kier molecular flexibility index (Phi) is 4.61. The van der Waals surface area contributed by atoms with Crippen molar-refractivity contribution in [2.24, 2.45) is 0 Å². The van der Waals surface area contributed by atoms with E-state index in [-0.39, 0.29) is 30.4 Å². The summed E-state index contributed by atoms with van der Waals surface area (Å²) in [6.45, 7) is 5.14. The molecular formula is C15H19N5O4. The predicted octanol–water partition coefficient (Wildman–Crippen LogP) is 0.759. The third kappa shape index (κ3) is 3.80. The molecule has 2 unspecified atom stereocenters. The number of carbonyl (C=O) groups is 2. The summed E-state index contributed by atoms with van der Waals surface area (Å²) < 4.78 is 11.7. The molecule has 1 aliphatic heterocycles. The molecule has 2 amide bonds. The van der Waals surface area contributed by atoms with Crippen molar-refractivity contribution in [3.8, 4) is 0 Å². The highest BCUT2D eigenvalue weighted by atomic mass is 16.5. The summed E-state index contributed by atoms with van der Waals surface area (Å²) in [4.78, 5) is 26.0. The summed E-state index contributed by atoms with van der Waals surface area (Å²) >= 11 is 0. The van der Waals surface area contributed by atoms with Crippen molar-refractivity contribution in [2.75, 3.05) is 18.4 Å². The highest BCUT2D eigenvalue weighted by molar-refractivity contribution is 6.02. The van der Waals surface area contributed by atoms with Gasteiger partial charge in [0.2, 0.25) is 5.91 Å². The molecule has 2 aromatic rings. The van der Waals surface area contributed by atoms with E-state index in [1.54, 1.807) is 11.1 Å². The Morgan fingerprint density at radius 2 is 2.08 bits per heavy atom. The summed E-state index contributed by atoms with van der Waals surface area (Å²) in [5.41, 5.74) is 0.662. The molecular weight excluding hydrogens is 314 g/mol. The van der Waals surface area contributed by atoms with Gasteiger partial charge in [0.25, 0.3) is 5.91 Å². The second-order valence-electron chi connectivity index (χ2n) is 5.82. The van der Waals surface area contributed by atoms with Gasteiger partial charge in [0.15, 0.2) is 5.69 Å². The molecule has 0 bridgehead atoms. The molecule has 1 fully saturated rings. The Hall–Kier alpha value is -2.68. The van der Waals surface area contributed by atoms with Gasteiger partial charge >= 0.3 is 0 Å². The number of morpholine rings is 1. The van der Waals surface area contributed by atoms with Gasteiger partial charge in [-0.05, 0) is 13.8 Å². The van der Waals surface area contributed by atoms with E-state index >= 15 is 0 Å². The fourth-order valence-corrected chi connectivity index (χ4v) is 2.66. The van der Waals surface area contributed by atoms with Crippen molar-refractivity contribution >= 4 is 17.5 Å². The maximum atomic E-state index is 12.4. The Morgan fingerprint density at radius 1 is 1.33 bits per heavy atom. The van der Waals surface area contributed by atoms with Gasteiger partial charge in [-0.1, -0.05) is 5.16 Å². The van der Waals surface area contributed by atoms with Crippen LogP contribution >= 0.6 is 0 Å². The molecule has 1 N–H and O–H groups in total. The van der Waals surface area contributed by atoms with Crippen LogP contribution in [0.3, 0.4) is 0 Å². The minimum atomic E-state index is -0.398. The number of ether oxygens (including phenoxy) is 1. The first-order valence-electron chi connectivity index (χ1n) is 7.68. The first-order valence-corrected chi connectivity index (χ1v) is 7.68. The minimum Gasteiger partial charge on any atom is -0.372 e. The summed E-state index contributed by atoms with van der Waals surface area (Å²) in [6, 6.07) is 1.46. The van der Waals surface area contributed by atoms with E-state index in [2.05, 4.69) is 20.1 Å². The van der Waals surface area contributed by atoms with E-state index in [9.17, 15) is 9.59 Å². The molecule has 0 spiro atoms. The number of nitrogens with one attached hydrogen (secondary N) is 1. The lowest BCUT2D eigenvalue weighted by molar-refractivity contribution is -0.144. The van der Waals surface area contributed by atoms with Crippen LogP contribution in [0.5, 0.6) is 0 Å². The van der Waals surface area contributed by atoms with Crippen molar-refractivity contribution in [1.82, 2.24) is 19.8 Å². The number of aromatic nitrogens is 3. The zero-order valence-electron chi connectivity index (χ0n) is 13.5. The van der Waals surface area contributed by atoms with Crippen LogP contribution in [0.1, 0.15) is 24.3 Å². The van der Waals surface area contributed by atoms with Crippen LogP contribution in [-0.4, -0.2) is 56.9 Å². The molecule has 3 rings (SSSR count). The van der Waals surface area contributed by atoms with Crippen molar-refractivity contribution in [2.45, 2.75) is 32.6 Å². The summed E-state index contributed by atoms with van der Waals surface area (Å²) in [5, 5.41) is 10.3. The van der Waals surface area contributed by atoms with Gasteiger partial charge in [-0.15, -0.1) is 0 Å². The van der Waals surface area contributed by atoms with Gasteiger partial charge in [0, 0.05) is 25.4 Å². The van der Waals surface area contributed by atoms with Crippen LogP contribution in [-0.2, 0) is 16.1 Å². The first kappa shape index (κ1) is 16.2. The lowest BCUT2D eigenvalue weighted by atomic mass is 10.2. The molecule has 2 atom stereocenters. The average molecular weight is 333 g/mol. The normalized spacial score (nSPS) is 20.8. The number of nitrogens with zero attached hydrogens (tertiary/aromatic N) is 4. The van der Waals surface area contributed by atoms with Crippen LogP contribution < -0.4 is 5.32 Å². The van der Waals surface area contributed by atoms with E-state index in [1.807, 2.05) is 13.8 Å². The Bertz CT molecular complexity index is 701. The van der Waals surface area contributed by atoms with Gasteiger partial charge in [0.1, 0.15) is 12.8 Å². The van der Waals surface area contributed by atoms with Gasteiger partial charge in [-0.2, -0.15) is 5.10 Å². The molecule has 0 radical (unpaired) electrons. The predicted molar refractivity (Wildman–Crippen MR) is 83.3 cm³/mol. The molecule has 0 aliphatic carbocycles. The number of amides is 2. The van der Waals surface area contributed by atoms with E-state index in [4.69, 9.17) is 4.74 Å². The quantitative estimate of drug-likeness (QED) is 0.886. The zero-order chi connectivity index (χ0) is 17.1. The maximum absolute atomic E-state index is 12.4. The molecule has 9 nitrogen and oxygen atoms in total. The number of hydrogen-bond donors (Lipinski definition) is 1. The van der Waals surface area contributed by atoms with E-state index in [1.165, 1.54) is 23.2 Å². The number of carbonyl (C=O) groups excluding carboxylic acids is 2. The summed E-state index contributed by atoms with van der Waals surface area (Å²) in [5.74, 6) is -0.431. The Balaban J connectivity index is 1.57. The Morgan fingerprint density at radius 3 is 2.75 bits per heavy atom. The number of rotatable bonds is 4. The molecule has 128 valence electrons. The summed E-state index contributed by atoms with van der Waals surface area (Å²) in [7, 11) is 0. The monoisotopic (exact) mass is 333 g/mol. The third-order valence-electron chi connectivity index (χ3n) is 3.63. The van der Waals surface area contributed by atoms with Crippen molar-refractivity contribution in [3.63, 3.8) is 0 Å². The minimum absolute atomic E-state index is 0.0210. The zero-order valence-corrected chi connectivity index (χ0v) is 13.5. The standard InChI is InChI=1S/C15H19N5O4/c1-10-6-19(7-11(2)24-10)14(21)9-20-8-12(5-16-20)17-15(22)13-3-4-23-18-13/h3-5,8,10-11H,6-7,9H2,1-2H3,(H,17,22). The highest BCUT2D eigenvalue weighted by Gasteiger charge is 2.26. The molecule has 24 heavy (non-hydrogen) atoms. The molecule has 3 heterocycles. The summed E-state index contributed by atoms with van der Waals surface area (Å²) in [6.07, 6.45) is 4.45. The fraction of sp³-hybridized carbons (Fsp3) is 0.467. The topological polar surface area (TPSA) is 102 Å². The Labute approximate surface area is 138 Å². The van der Waals surface area contributed by atoms with E-state index < -0.39 is 5.91 Å². The lowest BCUT2D eigenvalue weighted by Gasteiger charge is -2.35. The maximum Gasteiger partial charge on any atom is 0.277 e. The lowest BCUT2D eigenvalue weighted by Crippen LogP contribution is -2.49. The van der Waals surface area contributed by atoms with Crippen LogP contribution in [0.25, 0.3) is 0 Å². The van der Waals surface area contributed by atoms with Crippen LogP contribution in [0.4, 0.5) is 5.69 Å². The van der Waals surface area contributed by atoms with Gasteiger partial charge < -0.3 is 19.5 Å². The molecule has 9 heteroatoms. The van der Waals surface area contributed by atoms with Gasteiger partial charge in [-0.3, -0.25) is 14.3 Å². The van der Waals surface area contributed by atoms with Crippen LogP contribution in [0.2, 0.25) is 0 Å². The largest absolute Gasteiger partial charge is 0.372 e. The number of anilines is 1. The first-order chi connectivity index (χ1) is 11.5. The molecule has 0 saturated carbocycles. The molecule has 0 aromatic carbocycles. The second kappa shape index (κ2) is 6.83. The van der Waals surface area contributed by atoms with Crippen LogP contribution in [0.15, 0.2) is 29.2 Å². The second-order valence-corrected chi connectivity index (χ2v) is 5.82. The number of hydrogen-bond acceptors (Lipinski definition) is 6. The molecule has 1 saturated heterocycles. The van der Waals surface area contributed by atoms with Gasteiger partial charge in [0.05, 0.1) is 24.1 Å². The molecule has 2 aromatic heterocycles. The average Bonchev–Trinajstić information content (AvgIpc) is 3.18. The van der Waals surface area contributed by atoms with Gasteiger partial charge in [-0.25, -0.2) is 0 Å². The van der Waals surface area contributed by atoms with E-state index in [0.29, 0.717) is 18.8 Å². The third-order valence-corrected chi connectivity index (χ3v) is 3.63. The van der Waals surface area contributed by atoms with Crippen molar-refractivity contribution in [3.05, 3.63) is 30.4 Å².